The molecule has 0 rings (SSSR count). The lowest BCUT2D eigenvalue weighted by Gasteiger charge is -2.21. The molecule has 0 spiro atoms. The van der Waals surface area contributed by atoms with Gasteiger partial charge in [0, 0.05) is 19.3 Å². The van der Waals surface area contributed by atoms with Crippen LogP contribution in [-0.4, -0.2) is 95.9 Å². The number of esters is 3. The van der Waals surface area contributed by atoms with Crippen molar-refractivity contribution >= 4 is 33.6 Å². The van der Waals surface area contributed by atoms with Gasteiger partial charge in [-0.15, -0.1) is 0 Å². The van der Waals surface area contributed by atoms with Crippen LogP contribution in [0, 0.1) is 0 Å². The van der Waals surface area contributed by atoms with Crippen LogP contribution in [0.4, 0.5) is 0 Å². The molecule has 4 N–H and O–H groups in total. The molecule has 5 unspecified atom stereocenters. The number of aliphatic hydroxyl groups is 2. The van der Waals surface area contributed by atoms with Gasteiger partial charge >= 0.3 is 33.6 Å². The highest BCUT2D eigenvalue weighted by Gasteiger charge is 2.29. The molecule has 0 aromatic rings. The van der Waals surface area contributed by atoms with Crippen molar-refractivity contribution < 1.29 is 75.8 Å². The number of rotatable bonds is 81. The van der Waals surface area contributed by atoms with Gasteiger partial charge in [0.25, 0.3) is 0 Å². The fourth-order valence-corrected chi connectivity index (χ4v) is 12.9. The maximum Gasteiger partial charge on any atom is 0.472 e. The minimum atomic E-state index is -4.95. The molecule has 0 saturated heterocycles. The van der Waals surface area contributed by atoms with Crippen LogP contribution < -0.4 is 0 Å². The summed E-state index contributed by atoms with van der Waals surface area (Å²) in [5.74, 6) is -1.61. The molecule has 18 heteroatoms. The Hall–Kier alpha value is -5.61. The van der Waals surface area contributed by atoms with Gasteiger partial charge in [0.05, 0.1) is 26.4 Å². The molecular weight excluding hydrogens is 1460 g/mol. The average molecular weight is 1620 g/mol. The average Bonchev–Trinajstić information content (AvgIpc) is 0.900. The predicted molar refractivity (Wildman–Crippen MR) is 472 cm³/mol. The first-order chi connectivity index (χ1) is 55.2. The molecule has 642 valence electrons. The smallest absolute Gasteiger partial charge is 0.463 e. The molecular formula is C95H156O16P2. The number of ether oxygens (including phenoxy) is 3. The molecule has 0 aromatic heterocycles. The molecule has 0 fully saturated rings. The summed E-state index contributed by atoms with van der Waals surface area (Å²) in [6.07, 6.45) is 113. The van der Waals surface area contributed by atoms with Gasteiger partial charge in [-0.05, 0) is 161 Å². The van der Waals surface area contributed by atoms with Crippen molar-refractivity contribution in [2.45, 2.75) is 347 Å². The lowest BCUT2D eigenvalue weighted by atomic mass is 10.0. The Morgan fingerprint density at radius 3 is 0.699 bits per heavy atom. The predicted octanol–water partition coefficient (Wildman–Crippen LogP) is 26.7. The van der Waals surface area contributed by atoms with Gasteiger partial charge in [0.15, 0.2) is 6.10 Å². The Balaban J connectivity index is 4.60. The van der Waals surface area contributed by atoms with Crippen molar-refractivity contribution in [1.82, 2.24) is 0 Å². The topological polar surface area (TPSA) is 231 Å². The molecule has 0 saturated carbocycles. The van der Waals surface area contributed by atoms with Gasteiger partial charge in [-0.25, -0.2) is 9.13 Å². The maximum atomic E-state index is 13.0. The molecule has 16 nitrogen and oxygen atoms in total. The molecule has 113 heavy (non-hydrogen) atoms. The van der Waals surface area contributed by atoms with Crippen molar-refractivity contribution in [1.29, 1.82) is 0 Å². The first-order valence-corrected chi connectivity index (χ1v) is 46.7. The molecule has 5 atom stereocenters. The largest absolute Gasteiger partial charge is 0.472 e. The lowest BCUT2D eigenvalue weighted by molar-refractivity contribution is -0.161. The van der Waals surface area contributed by atoms with Crippen LogP contribution in [0.15, 0.2) is 194 Å². The monoisotopic (exact) mass is 1620 g/mol. The summed E-state index contributed by atoms with van der Waals surface area (Å²) in [5.41, 5.74) is 0. The Bertz CT molecular complexity index is 2830. The van der Waals surface area contributed by atoms with Crippen molar-refractivity contribution in [2.75, 3.05) is 39.6 Å². The Kier molecular flexibility index (Phi) is 81.5. The highest BCUT2D eigenvalue weighted by molar-refractivity contribution is 7.47. The lowest BCUT2D eigenvalue weighted by Crippen LogP contribution is -2.30. The van der Waals surface area contributed by atoms with Crippen LogP contribution in [0.2, 0.25) is 0 Å². The SMILES string of the molecule is CC/C=C\C/C=C\C/C=C\C/C=C\C/C=C\C/C=C\CCCCCCCCCCCCCCCCC(=O)OCC(O)COP(=O)(O)OCC(O)COP(=O)(O)OCC(COC(=O)CCCCCCCCC/C=C\C/C=C\C/C=C\C/C=C\C/C=C\CC)OC(=O)CCCCCCC/C=C\C/C=C\C/C=C\C/C=C\C/C=C\CC. The van der Waals surface area contributed by atoms with Gasteiger partial charge in [-0.2, -0.15) is 0 Å². The van der Waals surface area contributed by atoms with E-state index in [-0.39, 0.29) is 19.3 Å². The Labute approximate surface area is 687 Å². The fourth-order valence-electron chi connectivity index (χ4n) is 11.3. The first kappa shape index (κ1) is 107. The number of unbranched alkanes of at least 4 members (excludes halogenated alkanes) is 26. The normalized spacial score (nSPS) is 14.8. The third-order valence-corrected chi connectivity index (χ3v) is 19.7. The number of aliphatic hydroxyl groups excluding tert-OH is 2. The van der Waals surface area contributed by atoms with E-state index in [0.29, 0.717) is 19.3 Å². The van der Waals surface area contributed by atoms with Crippen LogP contribution in [0.3, 0.4) is 0 Å². The quantitative estimate of drug-likeness (QED) is 0.0146. The van der Waals surface area contributed by atoms with E-state index in [1.807, 2.05) is 0 Å². The maximum absolute atomic E-state index is 13.0. The van der Waals surface area contributed by atoms with Crippen molar-refractivity contribution in [3.8, 4) is 0 Å². The highest BCUT2D eigenvalue weighted by Crippen LogP contribution is 2.45. The molecule has 0 aliphatic heterocycles. The van der Waals surface area contributed by atoms with Crippen LogP contribution in [0.25, 0.3) is 0 Å². The summed E-state index contributed by atoms with van der Waals surface area (Å²) in [6, 6.07) is 0. The Morgan fingerprint density at radius 1 is 0.248 bits per heavy atom. The molecule has 0 bridgehead atoms. The second kappa shape index (κ2) is 85.8. The molecule has 0 radical (unpaired) electrons. The van der Waals surface area contributed by atoms with E-state index in [1.54, 1.807) is 0 Å². The number of carbonyl (C=O) groups excluding carboxylic acids is 3. The first-order valence-electron chi connectivity index (χ1n) is 43.7. The van der Waals surface area contributed by atoms with E-state index in [9.17, 15) is 43.5 Å². The fraction of sp³-hybridized carbons (Fsp3) is 0.632. The van der Waals surface area contributed by atoms with Crippen molar-refractivity contribution in [3.05, 3.63) is 194 Å². The number of hydrogen-bond donors (Lipinski definition) is 4. The van der Waals surface area contributed by atoms with Crippen molar-refractivity contribution in [2.24, 2.45) is 0 Å². The third kappa shape index (κ3) is 87.1. The van der Waals surface area contributed by atoms with E-state index < -0.39 is 91.5 Å². The highest BCUT2D eigenvalue weighted by atomic mass is 31.2. The van der Waals surface area contributed by atoms with E-state index in [2.05, 4.69) is 215 Å². The van der Waals surface area contributed by atoms with Crippen LogP contribution in [-0.2, 0) is 55.8 Å². The molecule has 0 aliphatic rings. The van der Waals surface area contributed by atoms with Gasteiger partial charge in [-0.3, -0.25) is 32.5 Å². The second-order valence-corrected chi connectivity index (χ2v) is 31.5. The van der Waals surface area contributed by atoms with Gasteiger partial charge in [-0.1, -0.05) is 344 Å². The second-order valence-electron chi connectivity index (χ2n) is 28.5. The summed E-state index contributed by atoms with van der Waals surface area (Å²) >= 11 is 0. The van der Waals surface area contributed by atoms with Crippen molar-refractivity contribution in [3.63, 3.8) is 0 Å². The van der Waals surface area contributed by atoms with Gasteiger partial charge < -0.3 is 34.2 Å². The zero-order valence-corrected chi connectivity index (χ0v) is 72.3. The van der Waals surface area contributed by atoms with E-state index >= 15 is 0 Å². The summed E-state index contributed by atoms with van der Waals surface area (Å²) in [6.45, 7) is 2.31. The molecule has 0 amide bonds. The van der Waals surface area contributed by atoms with Gasteiger partial charge in [0.1, 0.15) is 25.4 Å². The number of phosphoric ester groups is 2. The number of allylic oxidation sites excluding steroid dienone is 32. The Morgan fingerprint density at radius 2 is 0.442 bits per heavy atom. The number of carbonyl (C=O) groups is 3. The van der Waals surface area contributed by atoms with Crippen LogP contribution in [0.5, 0.6) is 0 Å². The summed E-state index contributed by atoms with van der Waals surface area (Å²) in [7, 11) is -9.82. The zero-order chi connectivity index (χ0) is 82.2. The standard InChI is InChI=1S/C95H156O16P2/c1-4-7-10-13-16-19-22-25-28-31-34-37-39-40-41-42-43-44-45-46-47-48-50-53-54-57-60-63-66-69-72-75-78-81-93(98)105-84-90(96)85-107-112(101,102)108-86-91(97)87-109-113(103,104)110-89-92(111-95(100)83-80-77-74-71-68-65-62-59-56-51-36-33-30-27-24-21-18-15-12-9-6-3)88-106-94(99)82-79-76-73-70-67-64-61-58-55-52-49-38-35-32-29-26-23-20-17-14-11-8-5-2/h7-12,16-21,25-30,34-38,40-41,43-44,51-52,55,59,62,90-92,96-97H,4-6,13-15,22-24,31-33,39,42,45-50,53-54,56-58,60-61,63-89H2,1-3H3,(H,101,102)(H,103,104)/b10-7-,11-8-,12-9-,19-16-,20-17-,21-18-,28-25-,29-26-,30-27-,37-34-,38-35-,41-40-,44-43-,51-36-,55-52-,62-59-. The molecule has 0 aliphatic carbocycles. The minimum Gasteiger partial charge on any atom is -0.463 e. The van der Waals surface area contributed by atoms with E-state index in [1.165, 1.54) is 64.2 Å². The number of phosphoric acid groups is 2. The molecule has 0 aromatic carbocycles. The molecule has 0 heterocycles. The van der Waals surface area contributed by atoms with Gasteiger partial charge in [0.2, 0.25) is 0 Å². The minimum absolute atomic E-state index is 0.0729. The van der Waals surface area contributed by atoms with E-state index in [0.717, 1.165) is 205 Å². The number of hydrogen-bond acceptors (Lipinski definition) is 14. The van der Waals surface area contributed by atoms with Crippen LogP contribution in [0.1, 0.15) is 329 Å². The van der Waals surface area contributed by atoms with E-state index in [4.69, 9.17) is 32.3 Å². The summed E-state index contributed by atoms with van der Waals surface area (Å²) in [4.78, 5) is 58.9. The third-order valence-electron chi connectivity index (χ3n) is 17.8. The summed E-state index contributed by atoms with van der Waals surface area (Å²) < 4.78 is 61.4. The zero-order valence-electron chi connectivity index (χ0n) is 70.5. The summed E-state index contributed by atoms with van der Waals surface area (Å²) in [5, 5.41) is 20.7. The van der Waals surface area contributed by atoms with Crippen LogP contribution >= 0.6 is 15.6 Å².